The molecule has 0 saturated heterocycles. The first-order valence-electron chi connectivity index (χ1n) is 4.80. The van der Waals surface area contributed by atoms with Gasteiger partial charge in [-0.25, -0.2) is 0 Å². The minimum absolute atomic E-state index is 0.00245. The molecule has 78 valence electrons. The summed E-state index contributed by atoms with van der Waals surface area (Å²) in [5, 5.41) is 0. The first-order chi connectivity index (χ1) is 6.07. The molecule has 0 aromatic rings. The lowest BCUT2D eigenvalue weighted by atomic mass is 10.1. The van der Waals surface area contributed by atoms with Crippen LogP contribution in [0.1, 0.15) is 27.7 Å². The lowest BCUT2D eigenvalue weighted by Crippen LogP contribution is -2.22. The van der Waals surface area contributed by atoms with Crippen LogP contribution in [0.5, 0.6) is 0 Å². The van der Waals surface area contributed by atoms with E-state index in [4.69, 9.17) is 9.47 Å². The van der Waals surface area contributed by atoms with Gasteiger partial charge < -0.3 is 9.47 Å². The van der Waals surface area contributed by atoms with E-state index in [2.05, 4.69) is 0 Å². The SMILES string of the molecule is CCOCC(C)OCC(=O)C(C)C. The highest BCUT2D eigenvalue weighted by atomic mass is 16.5. The van der Waals surface area contributed by atoms with E-state index in [1.165, 1.54) is 0 Å². The summed E-state index contributed by atoms with van der Waals surface area (Å²) in [6.07, 6.45) is 0.00245. The standard InChI is InChI=1S/C10H20O3/c1-5-12-6-9(4)13-7-10(11)8(2)3/h8-9H,5-7H2,1-4H3. The third-order valence-corrected chi connectivity index (χ3v) is 1.71. The zero-order valence-corrected chi connectivity index (χ0v) is 9.00. The van der Waals surface area contributed by atoms with E-state index in [0.717, 1.165) is 0 Å². The van der Waals surface area contributed by atoms with E-state index in [0.29, 0.717) is 13.2 Å². The fraction of sp³-hybridized carbons (Fsp3) is 0.900. The monoisotopic (exact) mass is 188 g/mol. The molecule has 13 heavy (non-hydrogen) atoms. The lowest BCUT2D eigenvalue weighted by Gasteiger charge is -2.12. The molecule has 0 aromatic carbocycles. The van der Waals surface area contributed by atoms with Gasteiger partial charge in [-0.3, -0.25) is 4.79 Å². The van der Waals surface area contributed by atoms with Gasteiger partial charge >= 0.3 is 0 Å². The number of hydrogen-bond donors (Lipinski definition) is 0. The number of carbonyl (C=O) groups excluding carboxylic acids is 1. The van der Waals surface area contributed by atoms with Crippen LogP contribution in [0.15, 0.2) is 0 Å². The molecule has 0 spiro atoms. The summed E-state index contributed by atoms with van der Waals surface area (Å²) in [6, 6.07) is 0. The van der Waals surface area contributed by atoms with Crippen molar-refractivity contribution < 1.29 is 14.3 Å². The van der Waals surface area contributed by atoms with E-state index in [1.54, 1.807) is 0 Å². The molecule has 0 fully saturated rings. The van der Waals surface area contributed by atoms with Gasteiger partial charge in [-0.1, -0.05) is 13.8 Å². The Hall–Kier alpha value is -0.410. The van der Waals surface area contributed by atoms with Gasteiger partial charge in [0, 0.05) is 12.5 Å². The first kappa shape index (κ1) is 12.6. The van der Waals surface area contributed by atoms with E-state index in [-0.39, 0.29) is 24.4 Å². The van der Waals surface area contributed by atoms with Crippen LogP contribution < -0.4 is 0 Å². The average Bonchev–Trinajstić information content (AvgIpc) is 2.10. The molecule has 0 rings (SSSR count). The molecule has 0 saturated carbocycles. The maximum absolute atomic E-state index is 11.2. The summed E-state index contributed by atoms with van der Waals surface area (Å²) in [5.74, 6) is 0.197. The number of rotatable bonds is 7. The minimum atomic E-state index is 0.00245. The van der Waals surface area contributed by atoms with Gasteiger partial charge in [0.25, 0.3) is 0 Å². The Morgan fingerprint density at radius 1 is 1.31 bits per heavy atom. The van der Waals surface area contributed by atoms with Crippen molar-refractivity contribution in [2.75, 3.05) is 19.8 Å². The maximum Gasteiger partial charge on any atom is 0.160 e. The van der Waals surface area contributed by atoms with Crippen molar-refractivity contribution in [1.82, 2.24) is 0 Å². The van der Waals surface area contributed by atoms with Crippen molar-refractivity contribution in [3.05, 3.63) is 0 Å². The second kappa shape index (κ2) is 7.04. The summed E-state index contributed by atoms with van der Waals surface area (Å²) < 4.78 is 10.4. The number of hydrogen-bond acceptors (Lipinski definition) is 3. The van der Waals surface area contributed by atoms with Crippen LogP contribution in [0.4, 0.5) is 0 Å². The van der Waals surface area contributed by atoms with E-state index < -0.39 is 0 Å². The Bertz CT molecular complexity index is 143. The molecular weight excluding hydrogens is 168 g/mol. The zero-order chi connectivity index (χ0) is 10.3. The van der Waals surface area contributed by atoms with Gasteiger partial charge in [0.2, 0.25) is 0 Å². The molecule has 3 nitrogen and oxygen atoms in total. The highest BCUT2D eigenvalue weighted by Gasteiger charge is 2.09. The molecule has 1 atom stereocenters. The van der Waals surface area contributed by atoms with Gasteiger partial charge in [-0.05, 0) is 13.8 Å². The Morgan fingerprint density at radius 2 is 1.92 bits per heavy atom. The predicted molar refractivity (Wildman–Crippen MR) is 51.8 cm³/mol. The largest absolute Gasteiger partial charge is 0.379 e. The minimum Gasteiger partial charge on any atom is -0.379 e. The van der Waals surface area contributed by atoms with Gasteiger partial charge in [-0.15, -0.1) is 0 Å². The van der Waals surface area contributed by atoms with Crippen molar-refractivity contribution in [3.8, 4) is 0 Å². The topological polar surface area (TPSA) is 35.5 Å². The normalized spacial score (nSPS) is 13.3. The second-order valence-electron chi connectivity index (χ2n) is 3.40. The zero-order valence-electron chi connectivity index (χ0n) is 9.00. The Morgan fingerprint density at radius 3 is 2.38 bits per heavy atom. The molecule has 1 unspecified atom stereocenters. The predicted octanol–water partition coefficient (Wildman–Crippen LogP) is 1.65. The Balaban J connectivity index is 3.46. The second-order valence-corrected chi connectivity index (χ2v) is 3.40. The molecule has 0 aliphatic rings. The Kier molecular flexibility index (Phi) is 6.82. The molecule has 0 heterocycles. The molecule has 0 aliphatic carbocycles. The molecule has 0 amide bonds. The average molecular weight is 188 g/mol. The molecule has 0 aromatic heterocycles. The maximum atomic E-state index is 11.2. The molecule has 3 heteroatoms. The lowest BCUT2D eigenvalue weighted by molar-refractivity contribution is -0.129. The third kappa shape index (κ3) is 6.72. The molecular formula is C10H20O3. The smallest absolute Gasteiger partial charge is 0.160 e. The molecule has 0 N–H and O–H groups in total. The van der Waals surface area contributed by atoms with Crippen molar-refractivity contribution >= 4 is 5.78 Å². The summed E-state index contributed by atoms with van der Waals surface area (Å²) in [6.45, 7) is 9.03. The number of ketones is 1. The van der Waals surface area contributed by atoms with Crippen molar-refractivity contribution in [1.29, 1.82) is 0 Å². The van der Waals surface area contributed by atoms with Gasteiger partial charge in [0.1, 0.15) is 6.61 Å². The van der Waals surface area contributed by atoms with E-state index in [9.17, 15) is 4.79 Å². The molecule has 0 bridgehead atoms. The fourth-order valence-electron chi connectivity index (χ4n) is 0.723. The highest BCUT2D eigenvalue weighted by molar-refractivity contribution is 5.81. The van der Waals surface area contributed by atoms with Gasteiger partial charge in [-0.2, -0.15) is 0 Å². The summed E-state index contributed by atoms with van der Waals surface area (Å²) >= 11 is 0. The number of carbonyl (C=O) groups is 1. The van der Waals surface area contributed by atoms with Crippen molar-refractivity contribution in [2.45, 2.75) is 33.8 Å². The van der Waals surface area contributed by atoms with Crippen molar-refractivity contribution in [2.24, 2.45) is 5.92 Å². The van der Waals surface area contributed by atoms with Crippen LogP contribution in [0.25, 0.3) is 0 Å². The van der Waals surface area contributed by atoms with E-state index in [1.807, 2.05) is 27.7 Å². The third-order valence-electron chi connectivity index (χ3n) is 1.71. The number of ether oxygens (including phenoxy) is 2. The molecule has 0 aliphatic heterocycles. The van der Waals surface area contributed by atoms with Gasteiger partial charge in [0.15, 0.2) is 5.78 Å². The quantitative estimate of drug-likeness (QED) is 0.609. The number of Topliss-reactive ketones (excluding diaryl/α,β-unsaturated/α-hetero) is 1. The highest BCUT2D eigenvalue weighted by Crippen LogP contribution is 1.98. The summed E-state index contributed by atoms with van der Waals surface area (Å²) in [5.41, 5.74) is 0. The Labute approximate surface area is 80.4 Å². The summed E-state index contributed by atoms with van der Waals surface area (Å²) in [4.78, 5) is 11.2. The van der Waals surface area contributed by atoms with Crippen LogP contribution in [0.3, 0.4) is 0 Å². The van der Waals surface area contributed by atoms with Crippen molar-refractivity contribution in [3.63, 3.8) is 0 Å². The van der Waals surface area contributed by atoms with Gasteiger partial charge in [0.05, 0.1) is 12.7 Å². The van der Waals surface area contributed by atoms with Crippen LogP contribution in [0, 0.1) is 5.92 Å². The molecule has 0 radical (unpaired) electrons. The van der Waals surface area contributed by atoms with E-state index >= 15 is 0 Å². The first-order valence-corrected chi connectivity index (χ1v) is 4.80. The van der Waals surface area contributed by atoms with Crippen LogP contribution in [-0.4, -0.2) is 31.7 Å². The van der Waals surface area contributed by atoms with Crippen LogP contribution >= 0.6 is 0 Å². The summed E-state index contributed by atoms with van der Waals surface area (Å²) in [7, 11) is 0. The van der Waals surface area contributed by atoms with Crippen LogP contribution in [-0.2, 0) is 14.3 Å². The fourth-order valence-corrected chi connectivity index (χ4v) is 0.723. The van der Waals surface area contributed by atoms with Crippen LogP contribution in [0.2, 0.25) is 0 Å².